The van der Waals surface area contributed by atoms with Crippen molar-refractivity contribution < 1.29 is 14.3 Å². The van der Waals surface area contributed by atoms with E-state index in [1.165, 1.54) is 18.3 Å². The van der Waals surface area contributed by atoms with E-state index in [4.69, 9.17) is 9.47 Å². The Hall–Kier alpha value is -1.88. The molecular formula is C13H11NO3S. The van der Waals surface area contributed by atoms with Gasteiger partial charge in [0, 0.05) is 17.9 Å². The fourth-order valence-corrected chi connectivity index (χ4v) is 2.60. The largest absolute Gasteiger partial charge is 0.486 e. The highest BCUT2D eigenvalue weighted by Crippen LogP contribution is 2.35. The number of carbonyl (C=O) groups excluding carboxylic acids is 1. The fourth-order valence-electron chi connectivity index (χ4n) is 1.74. The van der Waals surface area contributed by atoms with E-state index in [1.807, 2.05) is 18.2 Å². The summed E-state index contributed by atoms with van der Waals surface area (Å²) in [6.07, 6.45) is 0. The molecule has 92 valence electrons. The monoisotopic (exact) mass is 261 g/mol. The molecule has 4 nitrogen and oxygen atoms in total. The van der Waals surface area contributed by atoms with Crippen molar-refractivity contribution in [2.45, 2.75) is 6.92 Å². The van der Waals surface area contributed by atoms with Gasteiger partial charge in [0.25, 0.3) is 0 Å². The van der Waals surface area contributed by atoms with Crippen LogP contribution in [0.3, 0.4) is 0 Å². The van der Waals surface area contributed by atoms with Crippen LogP contribution in [0.1, 0.15) is 17.4 Å². The summed E-state index contributed by atoms with van der Waals surface area (Å²) >= 11 is 1.45. The van der Waals surface area contributed by atoms with Gasteiger partial charge in [0.1, 0.15) is 23.9 Å². The molecule has 0 spiro atoms. The molecule has 3 rings (SSSR count). The molecule has 5 heteroatoms. The first-order chi connectivity index (χ1) is 8.74. The molecule has 0 bridgehead atoms. The van der Waals surface area contributed by atoms with Crippen LogP contribution in [-0.2, 0) is 0 Å². The predicted octanol–water partition coefficient (Wildman–Crippen LogP) is 2.78. The van der Waals surface area contributed by atoms with Crippen molar-refractivity contribution in [1.82, 2.24) is 4.98 Å². The van der Waals surface area contributed by atoms with Gasteiger partial charge in [-0.25, -0.2) is 4.98 Å². The highest BCUT2D eigenvalue weighted by atomic mass is 32.1. The predicted molar refractivity (Wildman–Crippen MR) is 68.5 cm³/mol. The number of hydrogen-bond acceptors (Lipinski definition) is 5. The second-order valence-electron chi connectivity index (χ2n) is 3.95. The van der Waals surface area contributed by atoms with E-state index in [0.717, 1.165) is 22.1 Å². The van der Waals surface area contributed by atoms with Crippen molar-refractivity contribution in [1.29, 1.82) is 0 Å². The third-order valence-electron chi connectivity index (χ3n) is 2.65. The fraction of sp³-hybridized carbons (Fsp3) is 0.231. The standard InChI is InChI=1S/C13H11NO3S/c1-8(15)10-7-18-13(14-10)9-2-3-11-12(6-9)17-5-4-16-11/h2-3,6-7H,4-5H2,1H3. The van der Waals surface area contributed by atoms with Crippen LogP contribution in [0.15, 0.2) is 23.6 Å². The number of benzene rings is 1. The van der Waals surface area contributed by atoms with Crippen molar-refractivity contribution in [3.8, 4) is 22.1 Å². The first kappa shape index (κ1) is 11.2. The van der Waals surface area contributed by atoms with Crippen LogP contribution in [0.5, 0.6) is 11.5 Å². The van der Waals surface area contributed by atoms with E-state index < -0.39 is 0 Å². The number of thiazole rings is 1. The Morgan fingerprint density at radius 1 is 1.28 bits per heavy atom. The molecule has 1 aromatic heterocycles. The molecule has 0 atom stereocenters. The maximum absolute atomic E-state index is 11.2. The lowest BCUT2D eigenvalue weighted by Gasteiger charge is -2.18. The van der Waals surface area contributed by atoms with E-state index in [9.17, 15) is 4.79 Å². The molecule has 0 radical (unpaired) electrons. The lowest BCUT2D eigenvalue weighted by molar-refractivity contribution is 0.101. The smallest absolute Gasteiger partial charge is 0.178 e. The second kappa shape index (κ2) is 4.42. The number of aromatic nitrogens is 1. The van der Waals surface area contributed by atoms with Crippen molar-refractivity contribution >= 4 is 17.1 Å². The van der Waals surface area contributed by atoms with Crippen molar-refractivity contribution in [3.05, 3.63) is 29.3 Å². The molecule has 0 fully saturated rings. The van der Waals surface area contributed by atoms with Gasteiger partial charge in [-0.2, -0.15) is 0 Å². The van der Waals surface area contributed by atoms with Crippen LogP contribution in [0, 0.1) is 0 Å². The first-order valence-electron chi connectivity index (χ1n) is 5.60. The lowest BCUT2D eigenvalue weighted by Crippen LogP contribution is -2.15. The average Bonchev–Trinajstić information content (AvgIpc) is 2.88. The molecule has 18 heavy (non-hydrogen) atoms. The van der Waals surface area contributed by atoms with Gasteiger partial charge in [0.15, 0.2) is 17.3 Å². The van der Waals surface area contributed by atoms with Crippen molar-refractivity contribution in [2.75, 3.05) is 13.2 Å². The maximum Gasteiger partial charge on any atom is 0.178 e. The van der Waals surface area contributed by atoms with Crippen molar-refractivity contribution in [2.24, 2.45) is 0 Å². The molecule has 0 unspecified atom stereocenters. The summed E-state index contributed by atoms with van der Waals surface area (Å²) in [6.45, 7) is 2.66. The lowest BCUT2D eigenvalue weighted by atomic mass is 10.2. The van der Waals surface area contributed by atoms with Gasteiger partial charge < -0.3 is 9.47 Å². The number of fused-ring (bicyclic) bond motifs is 1. The first-order valence-corrected chi connectivity index (χ1v) is 6.48. The molecule has 0 saturated carbocycles. The third-order valence-corrected chi connectivity index (χ3v) is 3.55. The third kappa shape index (κ3) is 1.97. The molecular weight excluding hydrogens is 250 g/mol. The molecule has 1 aliphatic rings. The minimum atomic E-state index is -0.0185. The summed E-state index contributed by atoms with van der Waals surface area (Å²) < 4.78 is 11.0. The SMILES string of the molecule is CC(=O)c1csc(-c2ccc3c(c2)OCCO3)n1. The number of nitrogens with zero attached hydrogens (tertiary/aromatic N) is 1. The van der Waals surface area contributed by atoms with Crippen LogP contribution in [0.2, 0.25) is 0 Å². The van der Waals surface area contributed by atoms with Crippen LogP contribution in [-0.4, -0.2) is 24.0 Å². The summed E-state index contributed by atoms with van der Waals surface area (Å²) in [5.41, 5.74) is 1.45. The summed E-state index contributed by atoms with van der Waals surface area (Å²) in [5, 5.41) is 2.59. The number of ether oxygens (including phenoxy) is 2. The maximum atomic E-state index is 11.2. The van der Waals surface area contributed by atoms with E-state index in [1.54, 1.807) is 5.38 Å². The minimum Gasteiger partial charge on any atom is -0.486 e. The minimum absolute atomic E-state index is 0.0185. The number of hydrogen-bond donors (Lipinski definition) is 0. The van der Waals surface area contributed by atoms with Gasteiger partial charge in [-0.1, -0.05) is 0 Å². The van der Waals surface area contributed by atoms with Gasteiger partial charge >= 0.3 is 0 Å². The van der Waals surface area contributed by atoms with E-state index in [-0.39, 0.29) is 5.78 Å². The van der Waals surface area contributed by atoms with Crippen LogP contribution in [0.4, 0.5) is 0 Å². The number of Topliss-reactive ketones (excluding diaryl/α,β-unsaturated/α-hetero) is 1. The van der Waals surface area contributed by atoms with Crippen LogP contribution in [0.25, 0.3) is 10.6 Å². The molecule has 2 aromatic rings. The molecule has 1 aromatic carbocycles. The Bertz CT molecular complexity index is 606. The quantitative estimate of drug-likeness (QED) is 0.780. The van der Waals surface area contributed by atoms with Crippen molar-refractivity contribution in [3.63, 3.8) is 0 Å². The number of ketones is 1. The normalized spacial score (nSPS) is 13.4. The Morgan fingerprint density at radius 2 is 2.06 bits per heavy atom. The summed E-state index contributed by atoms with van der Waals surface area (Å²) in [6, 6.07) is 5.70. The van der Waals surface area contributed by atoms with Crippen LogP contribution >= 0.6 is 11.3 Å². The summed E-state index contributed by atoms with van der Waals surface area (Å²) in [5.74, 6) is 1.47. The zero-order valence-corrected chi connectivity index (χ0v) is 10.6. The van der Waals surface area contributed by atoms with Gasteiger partial charge in [-0.05, 0) is 18.2 Å². The average molecular weight is 261 g/mol. The van der Waals surface area contributed by atoms with Gasteiger partial charge in [-0.15, -0.1) is 11.3 Å². The van der Waals surface area contributed by atoms with Crippen LogP contribution < -0.4 is 9.47 Å². The van der Waals surface area contributed by atoms with Gasteiger partial charge in [-0.3, -0.25) is 4.79 Å². The zero-order chi connectivity index (χ0) is 12.5. The summed E-state index contributed by atoms with van der Waals surface area (Å²) in [4.78, 5) is 15.5. The van der Waals surface area contributed by atoms with E-state index >= 15 is 0 Å². The zero-order valence-electron chi connectivity index (χ0n) is 9.80. The summed E-state index contributed by atoms with van der Waals surface area (Å²) in [7, 11) is 0. The topological polar surface area (TPSA) is 48.4 Å². The molecule has 0 amide bonds. The Balaban J connectivity index is 1.98. The molecule has 0 aliphatic carbocycles. The number of rotatable bonds is 2. The second-order valence-corrected chi connectivity index (χ2v) is 4.81. The number of carbonyl (C=O) groups is 1. The van der Waals surface area contributed by atoms with Gasteiger partial charge in [0.05, 0.1) is 0 Å². The molecule has 1 aliphatic heterocycles. The molecule has 0 N–H and O–H groups in total. The Morgan fingerprint density at radius 3 is 2.78 bits per heavy atom. The molecule has 2 heterocycles. The Kier molecular flexibility index (Phi) is 2.76. The Labute approximate surface area is 108 Å². The highest BCUT2D eigenvalue weighted by Gasteiger charge is 2.14. The highest BCUT2D eigenvalue weighted by molar-refractivity contribution is 7.13. The molecule has 0 saturated heterocycles. The van der Waals surface area contributed by atoms with E-state index in [2.05, 4.69) is 4.98 Å². The van der Waals surface area contributed by atoms with Gasteiger partial charge in [0.2, 0.25) is 0 Å². The van der Waals surface area contributed by atoms with E-state index in [0.29, 0.717) is 18.9 Å².